The average molecular weight is 333 g/mol. The van der Waals surface area contributed by atoms with Gasteiger partial charge in [-0.25, -0.2) is 0 Å². The third-order valence-corrected chi connectivity index (χ3v) is 3.84. The van der Waals surface area contributed by atoms with Gasteiger partial charge in [-0.15, -0.1) is 0 Å². The molecule has 1 atom stereocenters. The Morgan fingerprint density at radius 3 is 2.70 bits per heavy atom. The number of carbonyl (C=O) groups is 1. The number of hydrogen-bond donors (Lipinski definition) is 4. The summed E-state index contributed by atoms with van der Waals surface area (Å²) < 4.78 is 0. The second-order valence-electron chi connectivity index (χ2n) is 5.17. The summed E-state index contributed by atoms with van der Waals surface area (Å²) in [5, 5.41) is 16.6. The lowest BCUT2D eigenvalue weighted by atomic mass is 10.1. The number of halogens is 1. The van der Waals surface area contributed by atoms with Gasteiger partial charge in [0.2, 0.25) is 0 Å². The van der Waals surface area contributed by atoms with Crippen LogP contribution in [0, 0.1) is 0 Å². The Bertz CT molecular complexity index is 721. The molecular weight excluding hydrogens is 316 g/mol. The van der Waals surface area contributed by atoms with Gasteiger partial charge in [-0.3, -0.25) is 15.0 Å². The Morgan fingerprint density at radius 1 is 1.26 bits per heavy atom. The topological polar surface area (TPSA) is 90.6 Å². The van der Waals surface area contributed by atoms with E-state index in [4.69, 9.17) is 17.3 Å². The zero-order valence-electron chi connectivity index (χ0n) is 12.3. The van der Waals surface area contributed by atoms with Crippen molar-refractivity contribution in [1.82, 2.24) is 5.32 Å². The highest BCUT2D eigenvalue weighted by Gasteiger charge is 2.32. The Morgan fingerprint density at radius 2 is 2.00 bits per heavy atom. The van der Waals surface area contributed by atoms with Crippen LogP contribution in [0.4, 0.5) is 11.4 Å². The van der Waals surface area contributed by atoms with Crippen LogP contribution in [-0.4, -0.2) is 30.4 Å². The molecule has 0 fully saturated rings. The summed E-state index contributed by atoms with van der Waals surface area (Å²) in [6.07, 6.45) is -0.471. The number of aromatic hydroxyl groups is 1. The van der Waals surface area contributed by atoms with Crippen molar-refractivity contribution in [2.24, 2.45) is 5.73 Å². The van der Waals surface area contributed by atoms with Gasteiger partial charge in [-0.1, -0.05) is 11.6 Å². The second kappa shape index (κ2) is 6.45. The molecule has 0 bridgehead atoms. The average Bonchev–Trinajstić information content (AvgIpc) is 2.54. The summed E-state index contributed by atoms with van der Waals surface area (Å²) in [6.45, 7) is 0.969. The van der Waals surface area contributed by atoms with E-state index < -0.39 is 6.29 Å². The number of hydrogen-bond acceptors (Lipinski definition) is 5. The summed E-state index contributed by atoms with van der Waals surface area (Å²) in [4.78, 5) is 14.5. The number of nitrogens with one attached hydrogen (secondary N) is 2. The van der Waals surface area contributed by atoms with Gasteiger partial charge in [0.05, 0.1) is 11.3 Å². The smallest absolute Gasteiger partial charge is 0.263 e. The van der Waals surface area contributed by atoms with Crippen molar-refractivity contribution < 1.29 is 9.90 Å². The summed E-state index contributed by atoms with van der Waals surface area (Å²) >= 11 is 5.93. The molecule has 1 aliphatic rings. The molecule has 0 spiro atoms. The van der Waals surface area contributed by atoms with Crippen LogP contribution in [0.25, 0.3) is 0 Å². The van der Waals surface area contributed by atoms with Crippen LogP contribution < -0.4 is 21.3 Å². The van der Waals surface area contributed by atoms with E-state index in [2.05, 4.69) is 10.6 Å². The van der Waals surface area contributed by atoms with Crippen LogP contribution in [0.5, 0.6) is 5.75 Å². The number of anilines is 2. The Hall–Kier alpha value is -2.28. The highest BCUT2D eigenvalue weighted by atomic mass is 35.5. The number of phenols is 1. The van der Waals surface area contributed by atoms with Crippen molar-refractivity contribution in [3.63, 3.8) is 0 Å². The number of rotatable bonds is 4. The molecule has 120 valence electrons. The lowest BCUT2D eigenvalue weighted by Crippen LogP contribution is -2.57. The van der Waals surface area contributed by atoms with E-state index in [0.717, 1.165) is 0 Å². The molecule has 1 unspecified atom stereocenters. The fraction of sp³-hybridized carbons (Fsp3) is 0.188. The molecule has 7 heteroatoms. The first-order valence-electron chi connectivity index (χ1n) is 7.22. The van der Waals surface area contributed by atoms with Crippen molar-refractivity contribution in [3.8, 4) is 5.75 Å². The monoisotopic (exact) mass is 332 g/mol. The predicted molar refractivity (Wildman–Crippen MR) is 90.8 cm³/mol. The third kappa shape index (κ3) is 3.10. The number of benzene rings is 2. The fourth-order valence-electron chi connectivity index (χ4n) is 2.53. The summed E-state index contributed by atoms with van der Waals surface area (Å²) in [6, 6.07) is 11.7. The van der Waals surface area contributed by atoms with Crippen molar-refractivity contribution >= 4 is 28.9 Å². The molecule has 1 amide bonds. The van der Waals surface area contributed by atoms with Crippen molar-refractivity contribution in [1.29, 1.82) is 0 Å². The lowest BCUT2D eigenvalue weighted by molar-refractivity contribution is 0.0970. The van der Waals surface area contributed by atoms with Crippen LogP contribution in [0.15, 0.2) is 42.5 Å². The minimum Gasteiger partial charge on any atom is -0.508 e. The van der Waals surface area contributed by atoms with Crippen LogP contribution in [0.1, 0.15) is 10.4 Å². The van der Waals surface area contributed by atoms with E-state index in [-0.39, 0.29) is 11.7 Å². The molecule has 1 heterocycles. The number of carbonyl (C=O) groups excluding carboxylic acids is 1. The lowest BCUT2D eigenvalue weighted by Gasteiger charge is -2.38. The molecule has 5 N–H and O–H groups in total. The molecule has 2 aromatic carbocycles. The fourth-order valence-corrected chi connectivity index (χ4v) is 2.65. The number of nitrogens with zero attached hydrogens (tertiary/aromatic N) is 1. The maximum absolute atomic E-state index is 12.9. The summed E-state index contributed by atoms with van der Waals surface area (Å²) in [7, 11) is 0. The van der Waals surface area contributed by atoms with Crippen LogP contribution in [0.2, 0.25) is 5.02 Å². The first-order chi connectivity index (χ1) is 11.1. The molecule has 2 aromatic rings. The molecule has 1 aliphatic heterocycles. The molecular formula is C16H17ClN4O2. The van der Waals surface area contributed by atoms with E-state index in [9.17, 15) is 9.90 Å². The Labute approximate surface area is 138 Å². The van der Waals surface area contributed by atoms with Gasteiger partial charge in [-0.05, 0) is 36.4 Å². The quantitative estimate of drug-likeness (QED) is 0.687. The van der Waals surface area contributed by atoms with E-state index >= 15 is 0 Å². The predicted octanol–water partition coefficient (Wildman–Crippen LogP) is 1.95. The van der Waals surface area contributed by atoms with E-state index in [1.165, 1.54) is 12.1 Å². The largest absolute Gasteiger partial charge is 0.508 e. The first kappa shape index (κ1) is 15.6. The van der Waals surface area contributed by atoms with Gasteiger partial charge in [0.15, 0.2) is 6.29 Å². The highest BCUT2D eigenvalue weighted by molar-refractivity contribution is 6.30. The summed E-state index contributed by atoms with van der Waals surface area (Å²) in [5.74, 6) is -0.0721. The first-order valence-corrected chi connectivity index (χ1v) is 7.60. The normalized spacial score (nSPS) is 16.9. The van der Waals surface area contributed by atoms with E-state index in [1.807, 2.05) is 0 Å². The molecule has 23 heavy (non-hydrogen) atoms. The number of nitrogens with two attached hydrogens (primary N) is 1. The zero-order chi connectivity index (χ0) is 16.4. The van der Waals surface area contributed by atoms with Crippen LogP contribution in [-0.2, 0) is 0 Å². The molecule has 0 saturated carbocycles. The minimum atomic E-state index is -0.471. The zero-order valence-corrected chi connectivity index (χ0v) is 13.0. The van der Waals surface area contributed by atoms with Gasteiger partial charge in [0, 0.05) is 29.9 Å². The second-order valence-corrected chi connectivity index (χ2v) is 5.61. The van der Waals surface area contributed by atoms with Crippen molar-refractivity contribution in [3.05, 3.63) is 53.1 Å². The molecule has 0 radical (unpaired) electrons. The van der Waals surface area contributed by atoms with Gasteiger partial charge < -0.3 is 16.2 Å². The molecule has 0 saturated heterocycles. The van der Waals surface area contributed by atoms with Gasteiger partial charge in [-0.2, -0.15) is 0 Å². The maximum Gasteiger partial charge on any atom is 0.263 e. The minimum absolute atomic E-state index is 0.0987. The summed E-state index contributed by atoms with van der Waals surface area (Å²) in [5.41, 5.74) is 7.33. The molecule has 3 rings (SSSR count). The Kier molecular flexibility index (Phi) is 4.38. The van der Waals surface area contributed by atoms with Gasteiger partial charge in [0.25, 0.3) is 5.91 Å². The van der Waals surface area contributed by atoms with E-state index in [0.29, 0.717) is 35.1 Å². The van der Waals surface area contributed by atoms with Gasteiger partial charge in [0.1, 0.15) is 5.75 Å². The number of fused-ring (bicyclic) bond motifs is 1. The van der Waals surface area contributed by atoms with E-state index in [1.54, 1.807) is 35.2 Å². The SMILES string of the molecule is NCCNC1Nc2cc(O)ccc2C(=O)N1c1ccc(Cl)cc1. The Balaban J connectivity index is 2.01. The molecule has 6 nitrogen and oxygen atoms in total. The van der Waals surface area contributed by atoms with Crippen LogP contribution >= 0.6 is 11.6 Å². The van der Waals surface area contributed by atoms with Crippen molar-refractivity contribution in [2.75, 3.05) is 23.3 Å². The van der Waals surface area contributed by atoms with Crippen molar-refractivity contribution in [2.45, 2.75) is 6.29 Å². The molecule has 0 aromatic heterocycles. The van der Waals surface area contributed by atoms with Gasteiger partial charge >= 0.3 is 0 Å². The standard InChI is InChI=1S/C16H17ClN4O2/c17-10-1-3-11(4-2-10)21-15(23)13-6-5-12(22)9-14(13)20-16(21)19-8-7-18/h1-6,9,16,19-20,22H,7-8,18H2. The number of amides is 1. The third-order valence-electron chi connectivity index (χ3n) is 3.59. The number of phenolic OH excluding ortho intramolecular Hbond substituents is 1. The highest BCUT2D eigenvalue weighted by Crippen LogP contribution is 2.31. The van der Waals surface area contributed by atoms with Crippen LogP contribution in [0.3, 0.4) is 0 Å². The maximum atomic E-state index is 12.9. The molecule has 0 aliphatic carbocycles.